The van der Waals surface area contributed by atoms with Crippen molar-refractivity contribution in [3.63, 3.8) is 0 Å². The van der Waals surface area contributed by atoms with Crippen molar-refractivity contribution in [2.45, 2.75) is 154 Å². The van der Waals surface area contributed by atoms with E-state index in [-0.39, 0.29) is 28.6 Å². The SMILES string of the molecule is CON(C)C(=O)[C@H]1CC[C@H]2[C@@H]3CC[C@H]4C[C@](C)(O)CC[C@@H]4[C@H]3CC[C@]12C.COc1ccccc1Br.COc1ccccc1C(=O)[C@H]1CC[C@H]2[C@@H]3CC[C@H]4C[C@](C)(O)CC[C@@H]4[C@H]3CC[C@]12C.[B]B([B])B(B([B])[B])B([B])[B]. The minimum Gasteiger partial charge on any atom is -0.496 e. The molecule has 8 fully saturated rings. The first-order chi connectivity index (χ1) is 35.4. The van der Waals surface area contributed by atoms with Gasteiger partial charge in [0.15, 0.2) is 5.78 Å². The van der Waals surface area contributed by atoms with E-state index < -0.39 is 36.7 Å². The Labute approximate surface area is 470 Å². The highest BCUT2D eigenvalue weighted by Gasteiger charge is 2.61. The van der Waals surface area contributed by atoms with Crippen LogP contribution in [0.1, 0.15) is 154 Å². The third kappa shape index (κ3) is 13.2. The van der Waals surface area contributed by atoms with Crippen LogP contribution < -0.4 is 9.47 Å². The zero-order valence-electron chi connectivity index (χ0n) is 46.8. The number of hydrogen-bond acceptors (Lipinski definition) is 7. The Morgan fingerprint density at radius 2 is 0.987 bits per heavy atom. The van der Waals surface area contributed by atoms with Crippen molar-refractivity contribution in [1.82, 2.24) is 5.06 Å². The van der Waals surface area contributed by atoms with E-state index in [2.05, 4.69) is 29.8 Å². The molecular formula is C56H82B10BrNO7. The van der Waals surface area contributed by atoms with E-state index in [1.165, 1.54) is 82.1 Å². The Morgan fingerprint density at radius 3 is 1.41 bits per heavy atom. The molecule has 12 radical (unpaired) electrons. The van der Waals surface area contributed by atoms with Crippen molar-refractivity contribution in [2.24, 2.45) is 81.8 Å². The molecule has 8 aliphatic carbocycles. The second-order valence-corrected chi connectivity index (χ2v) is 26.6. The molecule has 8 aliphatic rings. The van der Waals surface area contributed by atoms with Crippen LogP contribution >= 0.6 is 15.9 Å². The molecule has 0 bridgehead atoms. The van der Waals surface area contributed by atoms with Crippen molar-refractivity contribution < 1.29 is 34.1 Å². The number of fused-ring (bicyclic) bond motifs is 10. The first-order valence-electron chi connectivity index (χ1n) is 28.7. The lowest BCUT2D eigenvalue weighted by atomic mass is 8.58. The van der Waals surface area contributed by atoms with Crippen LogP contribution in [0, 0.1) is 81.8 Å². The number of hydrogen-bond donors (Lipinski definition) is 2. The number of rotatable bonds is 9. The Hall–Kier alpha value is -1.81. The van der Waals surface area contributed by atoms with E-state index >= 15 is 0 Å². The molecule has 0 saturated heterocycles. The third-order valence-corrected chi connectivity index (χ3v) is 22.1. The highest BCUT2D eigenvalue weighted by Crippen LogP contribution is 2.66. The van der Waals surface area contributed by atoms with Crippen molar-refractivity contribution in [1.29, 1.82) is 0 Å². The van der Waals surface area contributed by atoms with Gasteiger partial charge in [0.2, 0.25) is 5.91 Å². The first kappa shape index (κ1) is 60.8. The van der Waals surface area contributed by atoms with Crippen LogP contribution in [0.2, 0.25) is 0 Å². The molecule has 2 N–H and O–H groups in total. The van der Waals surface area contributed by atoms with Crippen LogP contribution in [0.25, 0.3) is 0 Å². The number of amides is 1. The van der Waals surface area contributed by atoms with Crippen molar-refractivity contribution in [3.05, 3.63) is 58.6 Å². The zero-order valence-corrected chi connectivity index (χ0v) is 48.4. The summed E-state index contributed by atoms with van der Waals surface area (Å²) in [6, 6.07) is 15.5. The highest BCUT2D eigenvalue weighted by molar-refractivity contribution is 9.10. The van der Waals surface area contributed by atoms with Crippen LogP contribution in [0.5, 0.6) is 11.5 Å². The van der Waals surface area contributed by atoms with Crippen molar-refractivity contribution in [2.75, 3.05) is 28.4 Å². The maximum atomic E-state index is 13.6. The molecule has 0 heterocycles. The van der Waals surface area contributed by atoms with E-state index in [4.69, 9.17) is 60.7 Å². The molecule has 2 aromatic carbocycles. The van der Waals surface area contributed by atoms with Gasteiger partial charge in [0, 0.05) is 90.8 Å². The Kier molecular flexibility index (Phi) is 20.5. The second kappa shape index (κ2) is 25.3. The van der Waals surface area contributed by atoms with Gasteiger partial charge in [-0.15, -0.1) is 0 Å². The van der Waals surface area contributed by atoms with Crippen molar-refractivity contribution in [3.8, 4) is 11.5 Å². The van der Waals surface area contributed by atoms with Crippen LogP contribution in [0.4, 0.5) is 0 Å². The lowest BCUT2D eigenvalue weighted by Crippen LogP contribution is -2.62. The van der Waals surface area contributed by atoms with E-state index in [1.807, 2.05) is 62.4 Å². The number of carbonyl (C=O) groups is 2. The number of para-hydroxylation sites is 2. The Morgan fingerprint density at radius 1 is 0.560 bits per heavy atom. The summed E-state index contributed by atoms with van der Waals surface area (Å²) in [5.74, 6) is 10.00. The number of ketones is 1. The fraction of sp³-hybridized carbons (Fsp3) is 0.750. The molecule has 8 nitrogen and oxygen atoms in total. The monoisotopic (exact) mass is 1070 g/mol. The molecule has 1 amide bonds. The standard InChI is InChI=1S/C27H38O3.C22H37NO3.C7H7BrO.B10/c1-26(29)14-12-18-17(16-26)8-9-20-19(18)13-15-27(2)22(20)10-11-23(27)25(28)21-6-4-5-7-24(21)30-3;1-21(25)11-9-15-14(13-21)5-6-17-16(15)10-12-22(2)18(17)7-8-19(22)20(24)23(3)26-4;1-9-7-5-3-2-4-6(7)8;1-7(2)10(8(3)4)9(5)6/h4-7,17-20,22-23,29H,8-16H2,1-3H3;14-19,25H,5-13H2,1-4H3;2-5H,1H3;/t17-,18-,19+,20+,22-,23+,26+,27-;14-,15-,16+,17+,18-,19+,21+,22-;;/m00../s1. The van der Waals surface area contributed by atoms with Gasteiger partial charge in [-0.1, -0.05) is 38.1 Å². The summed E-state index contributed by atoms with van der Waals surface area (Å²) in [5, 5.41) is 22.6. The highest BCUT2D eigenvalue weighted by atomic mass is 79.9. The molecule has 75 heavy (non-hydrogen) atoms. The number of Topliss-reactive ketones (excluding diaryl/α,β-unsaturated/α-hetero) is 1. The number of benzene rings is 2. The lowest BCUT2D eigenvalue weighted by Gasteiger charge is -2.56. The number of halogens is 1. The van der Waals surface area contributed by atoms with E-state index in [9.17, 15) is 19.8 Å². The van der Waals surface area contributed by atoms with Crippen LogP contribution in [-0.4, -0.2) is 139 Å². The van der Waals surface area contributed by atoms with Gasteiger partial charge >= 0.3 is 0 Å². The number of carbonyl (C=O) groups excluding carboxylic acids is 2. The second-order valence-electron chi connectivity index (χ2n) is 25.7. The smallest absolute Gasteiger partial charge is 0.249 e. The van der Waals surface area contributed by atoms with Gasteiger partial charge in [-0.2, -0.15) is 0 Å². The molecule has 10 rings (SSSR count). The normalized spacial score (nSPS) is 37.8. The molecule has 390 valence electrons. The molecule has 0 aliphatic heterocycles. The van der Waals surface area contributed by atoms with Gasteiger partial charge < -0.3 is 19.7 Å². The largest absolute Gasteiger partial charge is 0.496 e. The van der Waals surface area contributed by atoms with Crippen LogP contribution in [0.3, 0.4) is 0 Å². The van der Waals surface area contributed by atoms with E-state index in [1.54, 1.807) is 28.4 Å². The Bertz CT molecular complexity index is 2210. The molecule has 0 aromatic heterocycles. The average Bonchev–Trinajstić information content (AvgIpc) is 3.92. The number of hydroxylamine groups is 2. The predicted octanol–water partition coefficient (Wildman–Crippen LogP) is 8.57. The zero-order chi connectivity index (χ0) is 54.8. The van der Waals surface area contributed by atoms with Gasteiger partial charge in [0.05, 0.1) is 42.6 Å². The molecule has 0 unspecified atom stereocenters. The number of ether oxygens (including phenoxy) is 2. The van der Waals surface area contributed by atoms with Crippen LogP contribution in [0.15, 0.2) is 53.0 Å². The fourth-order valence-corrected chi connectivity index (χ4v) is 18.2. The third-order valence-electron chi connectivity index (χ3n) is 21.4. The maximum absolute atomic E-state index is 13.6. The molecular weight excluding hydrogens is 987 g/mol. The van der Waals surface area contributed by atoms with Gasteiger partial charge in [-0.25, -0.2) is 5.06 Å². The summed E-state index contributed by atoms with van der Waals surface area (Å²) in [6.07, 6.45) is 18.5. The van der Waals surface area contributed by atoms with Crippen LogP contribution in [-0.2, 0) is 9.63 Å². The predicted molar refractivity (Wildman–Crippen MR) is 318 cm³/mol. The molecule has 16 atom stereocenters. The summed E-state index contributed by atoms with van der Waals surface area (Å²) in [4.78, 5) is 31.7. The molecule has 2 aromatic rings. The molecule has 0 spiro atoms. The van der Waals surface area contributed by atoms with Gasteiger partial charge in [0.25, 0.3) is 0 Å². The maximum Gasteiger partial charge on any atom is 0.249 e. The average molecular weight is 1070 g/mol. The summed E-state index contributed by atoms with van der Waals surface area (Å²) >= 11 is 3.33. The van der Waals surface area contributed by atoms with Gasteiger partial charge in [0.1, 0.15) is 11.5 Å². The minimum absolute atomic E-state index is 0.128. The molecule has 8 saturated carbocycles. The first-order valence-corrected chi connectivity index (χ1v) is 29.5. The number of aliphatic hydroxyl groups is 2. The van der Waals surface area contributed by atoms with E-state index in [0.29, 0.717) is 23.5 Å². The topological polar surface area (TPSA) is 106 Å². The number of nitrogens with zero attached hydrogens (tertiary/aromatic N) is 1. The number of methoxy groups -OCH3 is 2. The summed E-state index contributed by atoms with van der Waals surface area (Å²) < 4.78 is 11.5. The molecule has 19 heteroatoms. The fourth-order valence-electron chi connectivity index (χ4n) is 17.7. The Balaban J connectivity index is 0.000000164. The summed E-state index contributed by atoms with van der Waals surface area (Å²) in [5.41, 5.74) is 0.167. The van der Waals surface area contributed by atoms with Crippen molar-refractivity contribution >= 4 is 99.6 Å². The minimum atomic E-state index is -0.667. The van der Waals surface area contributed by atoms with Gasteiger partial charge in [-0.05, 0) is 240 Å². The summed E-state index contributed by atoms with van der Waals surface area (Å²) in [7, 11) is 38.4. The van der Waals surface area contributed by atoms with E-state index in [0.717, 1.165) is 101 Å². The summed E-state index contributed by atoms with van der Waals surface area (Å²) in [6.45, 7) is 8.90. The lowest BCUT2D eigenvalue weighted by molar-refractivity contribution is -0.180. The quantitative estimate of drug-likeness (QED) is 0.147. The van der Waals surface area contributed by atoms with Gasteiger partial charge in [-0.3, -0.25) is 14.4 Å².